The van der Waals surface area contributed by atoms with Crippen LogP contribution < -0.4 is 5.14 Å². The maximum atomic E-state index is 11.3. The Morgan fingerprint density at radius 1 is 1.50 bits per heavy atom. The Balaban J connectivity index is 1.88. The van der Waals surface area contributed by atoms with Crippen molar-refractivity contribution >= 4 is 10.0 Å². The Kier molecular flexibility index (Phi) is 4.25. The van der Waals surface area contributed by atoms with Gasteiger partial charge in [0.2, 0.25) is 0 Å². The summed E-state index contributed by atoms with van der Waals surface area (Å²) in [5.74, 6) is 0.804. The molecule has 1 unspecified atom stereocenters. The number of rotatable bonds is 5. The number of nitrogens with zero attached hydrogens (tertiary/aromatic N) is 2. The molecule has 5 nitrogen and oxygen atoms in total. The second kappa shape index (κ2) is 5.48. The van der Waals surface area contributed by atoms with E-state index in [1.807, 2.05) is 6.92 Å². The second-order valence-corrected chi connectivity index (χ2v) is 8.32. The van der Waals surface area contributed by atoms with E-state index < -0.39 is 10.0 Å². The molecule has 0 amide bonds. The molecule has 1 aliphatic carbocycles. The number of aryl methyl sites for hydroxylation is 2. The van der Waals surface area contributed by atoms with Crippen molar-refractivity contribution in [3.8, 4) is 0 Å². The monoisotopic (exact) mass is 299 g/mol. The van der Waals surface area contributed by atoms with Crippen molar-refractivity contribution in [2.45, 2.75) is 64.4 Å². The van der Waals surface area contributed by atoms with Gasteiger partial charge in [0.05, 0.1) is 0 Å². The van der Waals surface area contributed by atoms with Gasteiger partial charge < -0.3 is 0 Å². The predicted molar refractivity (Wildman–Crippen MR) is 78.7 cm³/mol. The lowest BCUT2D eigenvalue weighted by Crippen LogP contribution is -2.13. The van der Waals surface area contributed by atoms with Crippen molar-refractivity contribution in [3.63, 3.8) is 0 Å². The maximum absolute atomic E-state index is 11.3. The van der Waals surface area contributed by atoms with E-state index >= 15 is 0 Å². The SMILES string of the molecule is Cc1cc(S(N)(=O)=O)nn1CCCC1CCC(C)(C)C1. The highest BCUT2D eigenvalue weighted by Gasteiger charge is 2.30. The zero-order chi connectivity index (χ0) is 15.0. The van der Waals surface area contributed by atoms with Gasteiger partial charge in [0.1, 0.15) is 0 Å². The van der Waals surface area contributed by atoms with Crippen LogP contribution in [0.2, 0.25) is 0 Å². The average molecular weight is 299 g/mol. The van der Waals surface area contributed by atoms with Gasteiger partial charge in [-0.3, -0.25) is 4.68 Å². The largest absolute Gasteiger partial charge is 0.269 e. The van der Waals surface area contributed by atoms with E-state index in [1.165, 1.54) is 31.7 Å². The summed E-state index contributed by atoms with van der Waals surface area (Å²) in [6.07, 6.45) is 6.15. The van der Waals surface area contributed by atoms with Crippen molar-refractivity contribution in [1.82, 2.24) is 9.78 Å². The van der Waals surface area contributed by atoms with Crippen LogP contribution in [0, 0.1) is 18.3 Å². The molecule has 6 heteroatoms. The molecule has 0 saturated heterocycles. The summed E-state index contributed by atoms with van der Waals surface area (Å²) in [6.45, 7) is 7.30. The predicted octanol–water partition coefficient (Wildman–Crippen LogP) is 2.45. The van der Waals surface area contributed by atoms with Crippen LogP contribution in [-0.4, -0.2) is 18.2 Å². The Bertz CT molecular complexity index is 575. The van der Waals surface area contributed by atoms with Gasteiger partial charge in [-0.25, -0.2) is 13.6 Å². The summed E-state index contributed by atoms with van der Waals surface area (Å²) < 4.78 is 24.3. The minimum atomic E-state index is -3.69. The topological polar surface area (TPSA) is 78.0 Å². The summed E-state index contributed by atoms with van der Waals surface area (Å²) in [5.41, 5.74) is 1.34. The number of hydrogen-bond donors (Lipinski definition) is 1. The van der Waals surface area contributed by atoms with Gasteiger partial charge in [0.15, 0.2) is 5.03 Å². The van der Waals surface area contributed by atoms with Crippen LogP contribution in [0.3, 0.4) is 0 Å². The Morgan fingerprint density at radius 3 is 2.70 bits per heavy atom. The maximum Gasteiger partial charge on any atom is 0.257 e. The van der Waals surface area contributed by atoms with Gasteiger partial charge in [0.25, 0.3) is 10.0 Å². The molecule has 1 aromatic rings. The zero-order valence-electron chi connectivity index (χ0n) is 12.6. The molecule has 1 aliphatic rings. The number of primary sulfonamides is 1. The number of nitrogens with two attached hydrogens (primary N) is 1. The number of sulfonamides is 1. The summed E-state index contributed by atoms with van der Waals surface area (Å²) in [7, 11) is -3.69. The fraction of sp³-hybridized carbons (Fsp3) is 0.786. The first-order valence-corrected chi connectivity index (χ1v) is 8.79. The normalized spacial score (nSPS) is 22.3. The summed E-state index contributed by atoms with van der Waals surface area (Å²) >= 11 is 0. The van der Waals surface area contributed by atoms with Crippen molar-refractivity contribution in [3.05, 3.63) is 11.8 Å². The first-order valence-electron chi connectivity index (χ1n) is 7.25. The van der Waals surface area contributed by atoms with Crippen molar-refractivity contribution < 1.29 is 8.42 Å². The fourth-order valence-corrected chi connectivity index (χ4v) is 3.75. The smallest absolute Gasteiger partial charge is 0.257 e. The van der Waals surface area contributed by atoms with Crippen LogP contribution in [0.4, 0.5) is 0 Å². The van der Waals surface area contributed by atoms with Crippen LogP contribution >= 0.6 is 0 Å². The molecule has 1 saturated carbocycles. The number of aromatic nitrogens is 2. The lowest BCUT2D eigenvalue weighted by molar-refractivity contribution is 0.347. The number of hydrogen-bond acceptors (Lipinski definition) is 3. The second-order valence-electron chi connectivity index (χ2n) is 6.81. The van der Waals surface area contributed by atoms with Gasteiger partial charge in [-0.1, -0.05) is 13.8 Å². The van der Waals surface area contributed by atoms with E-state index in [0.717, 1.165) is 24.6 Å². The Labute approximate surface area is 121 Å². The summed E-state index contributed by atoms with van der Waals surface area (Å²) in [6, 6.07) is 1.54. The quantitative estimate of drug-likeness (QED) is 0.907. The van der Waals surface area contributed by atoms with E-state index in [9.17, 15) is 8.42 Å². The molecule has 0 bridgehead atoms. The third-order valence-electron chi connectivity index (χ3n) is 4.30. The van der Waals surface area contributed by atoms with Gasteiger partial charge in [-0.15, -0.1) is 0 Å². The van der Waals surface area contributed by atoms with Gasteiger partial charge in [0, 0.05) is 12.2 Å². The summed E-state index contributed by atoms with van der Waals surface area (Å²) in [4.78, 5) is 0. The zero-order valence-corrected chi connectivity index (χ0v) is 13.4. The highest BCUT2D eigenvalue weighted by Crippen LogP contribution is 2.42. The molecule has 1 aromatic heterocycles. The van der Waals surface area contributed by atoms with E-state index in [2.05, 4.69) is 18.9 Å². The minimum Gasteiger partial charge on any atom is -0.269 e. The Hall–Kier alpha value is -0.880. The Morgan fingerprint density at radius 2 is 2.20 bits per heavy atom. The molecular formula is C14H25N3O2S. The third-order valence-corrected chi connectivity index (χ3v) is 5.09. The molecule has 0 radical (unpaired) electrons. The van der Waals surface area contributed by atoms with Crippen LogP contribution in [0.15, 0.2) is 11.1 Å². The standard InChI is InChI=1S/C14H25N3O2S/c1-11-9-13(20(15,18)19)16-17(11)8-4-5-12-6-7-14(2,3)10-12/h9,12H,4-8,10H2,1-3H3,(H2,15,18,19). The molecule has 1 atom stereocenters. The molecule has 0 aromatic carbocycles. The lowest BCUT2D eigenvalue weighted by atomic mass is 9.89. The first kappa shape index (κ1) is 15.5. The molecule has 1 fully saturated rings. The fourth-order valence-electron chi connectivity index (χ4n) is 3.20. The molecular weight excluding hydrogens is 274 g/mol. The summed E-state index contributed by atoms with van der Waals surface area (Å²) in [5, 5.41) is 9.14. The van der Waals surface area contributed by atoms with E-state index in [1.54, 1.807) is 4.68 Å². The van der Waals surface area contributed by atoms with Crippen LogP contribution in [-0.2, 0) is 16.6 Å². The third kappa shape index (κ3) is 3.82. The molecule has 114 valence electrons. The van der Waals surface area contributed by atoms with E-state index in [4.69, 9.17) is 5.14 Å². The lowest BCUT2D eigenvalue weighted by Gasteiger charge is -2.17. The van der Waals surface area contributed by atoms with Crippen LogP contribution in [0.5, 0.6) is 0 Å². The van der Waals surface area contributed by atoms with Gasteiger partial charge in [-0.2, -0.15) is 5.10 Å². The van der Waals surface area contributed by atoms with Crippen LogP contribution in [0.1, 0.15) is 51.6 Å². The minimum absolute atomic E-state index is 0.0306. The van der Waals surface area contributed by atoms with Gasteiger partial charge >= 0.3 is 0 Å². The van der Waals surface area contributed by atoms with E-state index in [-0.39, 0.29) is 5.03 Å². The van der Waals surface area contributed by atoms with E-state index in [0.29, 0.717) is 5.41 Å². The highest BCUT2D eigenvalue weighted by atomic mass is 32.2. The molecule has 1 heterocycles. The first-order chi connectivity index (χ1) is 9.17. The van der Waals surface area contributed by atoms with Crippen LogP contribution in [0.25, 0.3) is 0 Å². The average Bonchev–Trinajstić information content (AvgIpc) is 2.82. The molecule has 20 heavy (non-hydrogen) atoms. The van der Waals surface area contributed by atoms with Gasteiger partial charge in [-0.05, 0) is 56.4 Å². The molecule has 0 spiro atoms. The molecule has 2 N–H and O–H groups in total. The van der Waals surface area contributed by atoms with Crippen molar-refractivity contribution in [2.75, 3.05) is 0 Å². The molecule has 2 rings (SSSR count). The van der Waals surface area contributed by atoms with Crippen molar-refractivity contribution in [1.29, 1.82) is 0 Å². The molecule has 0 aliphatic heterocycles. The highest BCUT2D eigenvalue weighted by molar-refractivity contribution is 7.89. The van der Waals surface area contributed by atoms with Crippen molar-refractivity contribution in [2.24, 2.45) is 16.5 Å².